The van der Waals surface area contributed by atoms with Crippen molar-refractivity contribution in [1.82, 2.24) is 0 Å². The minimum absolute atomic E-state index is 0.256. The van der Waals surface area contributed by atoms with E-state index in [-0.39, 0.29) is 5.76 Å². The highest BCUT2D eigenvalue weighted by atomic mass is 16.3. The second-order valence-corrected chi connectivity index (χ2v) is 3.36. The quantitative estimate of drug-likeness (QED) is 0.709. The SMILES string of the molecule is OC1=C(c2ccccc2)C=CC(O)C1. The zero-order chi connectivity index (χ0) is 9.97. The van der Waals surface area contributed by atoms with Crippen LogP contribution in [0.1, 0.15) is 12.0 Å². The average molecular weight is 188 g/mol. The van der Waals surface area contributed by atoms with Crippen molar-refractivity contribution in [3.05, 3.63) is 53.8 Å². The van der Waals surface area contributed by atoms with Crippen LogP contribution in [0.5, 0.6) is 0 Å². The Hall–Kier alpha value is -1.54. The molecule has 0 heterocycles. The molecule has 0 saturated heterocycles. The van der Waals surface area contributed by atoms with Crippen LogP contribution in [-0.4, -0.2) is 16.3 Å². The summed E-state index contributed by atoms with van der Waals surface area (Å²) in [7, 11) is 0. The van der Waals surface area contributed by atoms with E-state index >= 15 is 0 Å². The summed E-state index contributed by atoms with van der Waals surface area (Å²) in [5.74, 6) is 0.256. The molecule has 0 amide bonds. The predicted molar refractivity (Wildman–Crippen MR) is 55.8 cm³/mol. The van der Waals surface area contributed by atoms with Gasteiger partial charge in [0.25, 0.3) is 0 Å². The molecule has 1 aromatic carbocycles. The van der Waals surface area contributed by atoms with Gasteiger partial charge in [-0.2, -0.15) is 0 Å². The highest BCUT2D eigenvalue weighted by Crippen LogP contribution is 2.25. The maximum absolute atomic E-state index is 9.66. The monoisotopic (exact) mass is 188 g/mol. The van der Waals surface area contributed by atoms with Gasteiger partial charge < -0.3 is 10.2 Å². The number of hydrogen-bond donors (Lipinski definition) is 2. The largest absolute Gasteiger partial charge is 0.512 e. The first-order valence-corrected chi connectivity index (χ1v) is 4.61. The summed E-state index contributed by atoms with van der Waals surface area (Å²) < 4.78 is 0. The maximum atomic E-state index is 9.66. The Labute approximate surface area is 82.8 Å². The highest BCUT2D eigenvalue weighted by Gasteiger charge is 2.13. The molecule has 1 aliphatic carbocycles. The Morgan fingerprint density at radius 3 is 2.50 bits per heavy atom. The molecule has 1 aliphatic rings. The zero-order valence-electron chi connectivity index (χ0n) is 7.72. The van der Waals surface area contributed by atoms with Gasteiger partial charge >= 0.3 is 0 Å². The number of aliphatic hydroxyl groups is 2. The molecule has 0 saturated carbocycles. The summed E-state index contributed by atoms with van der Waals surface area (Å²) in [4.78, 5) is 0. The van der Waals surface area contributed by atoms with Crippen LogP contribution in [0.15, 0.2) is 48.2 Å². The van der Waals surface area contributed by atoms with Crippen LogP contribution >= 0.6 is 0 Å². The number of aliphatic hydroxyl groups excluding tert-OH is 2. The lowest BCUT2D eigenvalue weighted by Gasteiger charge is -2.14. The van der Waals surface area contributed by atoms with Crippen molar-refractivity contribution in [1.29, 1.82) is 0 Å². The predicted octanol–water partition coefficient (Wildman–Crippen LogP) is 2.28. The van der Waals surface area contributed by atoms with Gasteiger partial charge in [-0.25, -0.2) is 0 Å². The normalized spacial score (nSPS) is 21.4. The summed E-state index contributed by atoms with van der Waals surface area (Å²) in [5, 5.41) is 18.9. The van der Waals surface area contributed by atoms with Crippen molar-refractivity contribution in [2.45, 2.75) is 12.5 Å². The third-order valence-corrected chi connectivity index (χ3v) is 2.28. The third kappa shape index (κ3) is 1.70. The van der Waals surface area contributed by atoms with E-state index in [0.717, 1.165) is 11.1 Å². The van der Waals surface area contributed by atoms with Gasteiger partial charge in [0, 0.05) is 12.0 Å². The number of benzene rings is 1. The molecule has 0 radical (unpaired) electrons. The zero-order valence-corrected chi connectivity index (χ0v) is 7.72. The van der Waals surface area contributed by atoms with Crippen molar-refractivity contribution in [3.63, 3.8) is 0 Å². The van der Waals surface area contributed by atoms with Crippen molar-refractivity contribution in [2.24, 2.45) is 0 Å². The Balaban J connectivity index is 2.37. The lowest BCUT2D eigenvalue weighted by Crippen LogP contribution is -2.08. The Morgan fingerprint density at radius 1 is 1.14 bits per heavy atom. The first-order chi connectivity index (χ1) is 6.77. The van der Waals surface area contributed by atoms with Crippen molar-refractivity contribution >= 4 is 5.57 Å². The van der Waals surface area contributed by atoms with E-state index in [1.165, 1.54) is 0 Å². The molecule has 0 spiro atoms. The van der Waals surface area contributed by atoms with Crippen LogP contribution in [0.4, 0.5) is 0 Å². The lowest BCUT2D eigenvalue weighted by molar-refractivity contribution is 0.201. The number of hydrogen-bond acceptors (Lipinski definition) is 2. The maximum Gasteiger partial charge on any atom is 0.103 e. The fourth-order valence-corrected chi connectivity index (χ4v) is 1.56. The van der Waals surface area contributed by atoms with Crippen LogP contribution in [0.2, 0.25) is 0 Å². The van der Waals surface area contributed by atoms with Gasteiger partial charge in [0.05, 0.1) is 6.10 Å². The van der Waals surface area contributed by atoms with E-state index in [1.54, 1.807) is 12.2 Å². The fraction of sp³-hybridized carbons (Fsp3) is 0.167. The minimum atomic E-state index is -0.553. The van der Waals surface area contributed by atoms with Gasteiger partial charge in [-0.3, -0.25) is 0 Å². The van der Waals surface area contributed by atoms with Crippen LogP contribution in [0.25, 0.3) is 5.57 Å². The van der Waals surface area contributed by atoms with Crippen LogP contribution < -0.4 is 0 Å². The molecule has 0 aromatic heterocycles. The van der Waals surface area contributed by atoms with Gasteiger partial charge in [0.15, 0.2) is 0 Å². The Kier molecular flexibility index (Phi) is 2.37. The third-order valence-electron chi connectivity index (χ3n) is 2.28. The second kappa shape index (κ2) is 3.68. The Bertz CT molecular complexity index is 377. The molecule has 2 heteroatoms. The van der Waals surface area contributed by atoms with Crippen LogP contribution in [0.3, 0.4) is 0 Å². The fourth-order valence-electron chi connectivity index (χ4n) is 1.56. The van der Waals surface area contributed by atoms with Gasteiger partial charge in [0.1, 0.15) is 5.76 Å². The van der Waals surface area contributed by atoms with E-state index < -0.39 is 6.10 Å². The van der Waals surface area contributed by atoms with Crippen molar-refractivity contribution in [2.75, 3.05) is 0 Å². The molecule has 14 heavy (non-hydrogen) atoms. The molecule has 1 unspecified atom stereocenters. The lowest BCUT2D eigenvalue weighted by atomic mass is 9.97. The molecule has 72 valence electrons. The van der Waals surface area contributed by atoms with Gasteiger partial charge in [-0.15, -0.1) is 0 Å². The van der Waals surface area contributed by atoms with Gasteiger partial charge in [-0.1, -0.05) is 42.5 Å². The molecule has 0 bridgehead atoms. The molecule has 2 N–H and O–H groups in total. The molecule has 2 nitrogen and oxygen atoms in total. The molecular formula is C12H12O2. The summed E-state index contributed by atoms with van der Waals surface area (Å²) in [6.45, 7) is 0. The van der Waals surface area contributed by atoms with Crippen LogP contribution in [0, 0.1) is 0 Å². The minimum Gasteiger partial charge on any atom is -0.512 e. The van der Waals surface area contributed by atoms with E-state index in [4.69, 9.17) is 0 Å². The van der Waals surface area contributed by atoms with Gasteiger partial charge in [0.2, 0.25) is 0 Å². The summed E-state index contributed by atoms with van der Waals surface area (Å²) in [5.41, 5.74) is 1.78. The number of allylic oxidation sites excluding steroid dienone is 2. The first kappa shape index (κ1) is 9.03. The van der Waals surface area contributed by atoms with Crippen molar-refractivity contribution < 1.29 is 10.2 Å². The molecule has 0 aliphatic heterocycles. The number of rotatable bonds is 1. The molecule has 1 atom stereocenters. The second-order valence-electron chi connectivity index (χ2n) is 3.36. The van der Waals surface area contributed by atoms with E-state index in [9.17, 15) is 10.2 Å². The summed E-state index contributed by atoms with van der Waals surface area (Å²) in [6, 6.07) is 9.66. The van der Waals surface area contributed by atoms with E-state index in [0.29, 0.717) is 6.42 Å². The molecule has 2 rings (SSSR count). The van der Waals surface area contributed by atoms with Crippen molar-refractivity contribution in [3.8, 4) is 0 Å². The molecule has 1 aromatic rings. The van der Waals surface area contributed by atoms with E-state index in [1.807, 2.05) is 30.3 Å². The topological polar surface area (TPSA) is 40.5 Å². The Morgan fingerprint density at radius 2 is 1.86 bits per heavy atom. The first-order valence-electron chi connectivity index (χ1n) is 4.61. The van der Waals surface area contributed by atoms with Crippen LogP contribution in [-0.2, 0) is 0 Å². The highest BCUT2D eigenvalue weighted by molar-refractivity contribution is 5.76. The average Bonchev–Trinajstić information content (AvgIpc) is 2.19. The standard InChI is InChI=1S/C12H12O2/c13-10-6-7-11(12(14)8-10)9-4-2-1-3-5-9/h1-7,10,13-14H,8H2. The van der Waals surface area contributed by atoms with Gasteiger partial charge in [-0.05, 0) is 5.56 Å². The molecular weight excluding hydrogens is 176 g/mol. The summed E-state index contributed by atoms with van der Waals surface area (Å²) >= 11 is 0. The summed E-state index contributed by atoms with van der Waals surface area (Å²) in [6.07, 6.45) is 3.21. The molecule has 0 fully saturated rings. The smallest absolute Gasteiger partial charge is 0.103 e. The van der Waals surface area contributed by atoms with E-state index in [2.05, 4.69) is 0 Å².